The number of nitrogens with zero attached hydrogens (tertiary/aromatic N) is 2. The van der Waals surface area contributed by atoms with E-state index >= 15 is 0 Å². The third kappa shape index (κ3) is 1.88. The van der Waals surface area contributed by atoms with Gasteiger partial charge in [0.25, 0.3) is 0 Å². The Kier molecular flexibility index (Phi) is 2.51. The lowest BCUT2D eigenvalue weighted by molar-refractivity contribution is 0.174. The van der Waals surface area contributed by atoms with Crippen molar-refractivity contribution in [3.63, 3.8) is 0 Å². The molecule has 1 aromatic carbocycles. The first-order valence-corrected chi connectivity index (χ1v) is 5.71. The van der Waals surface area contributed by atoms with Gasteiger partial charge in [-0.1, -0.05) is 5.16 Å². The van der Waals surface area contributed by atoms with Crippen LogP contribution in [0.1, 0.15) is 12.8 Å². The second-order valence-corrected chi connectivity index (χ2v) is 4.19. The van der Waals surface area contributed by atoms with Crippen LogP contribution in [0.25, 0.3) is 0 Å². The van der Waals surface area contributed by atoms with E-state index in [0.29, 0.717) is 6.79 Å². The van der Waals surface area contributed by atoms with Crippen LogP contribution in [0.3, 0.4) is 0 Å². The summed E-state index contributed by atoms with van der Waals surface area (Å²) in [4.78, 5) is 2.26. The summed E-state index contributed by atoms with van der Waals surface area (Å²) in [6.07, 6.45) is 1.62. The third-order valence-electron chi connectivity index (χ3n) is 3.20. The first kappa shape index (κ1) is 10.3. The maximum Gasteiger partial charge on any atom is 0.231 e. The molecule has 2 aliphatic rings. The van der Waals surface area contributed by atoms with Gasteiger partial charge in [-0.3, -0.25) is 0 Å². The van der Waals surface area contributed by atoms with Gasteiger partial charge < -0.3 is 19.6 Å². The fraction of sp³-hybridized carbons (Fsp3) is 0.417. The van der Waals surface area contributed by atoms with E-state index in [1.807, 2.05) is 18.2 Å². The Morgan fingerprint density at radius 2 is 1.88 bits per heavy atom. The smallest absolute Gasteiger partial charge is 0.231 e. The Morgan fingerprint density at radius 3 is 2.65 bits per heavy atom. The van der Waals surface area contributed by atoms with Crippen LogP contribution in [-0.4, -0.2) is 30.8 Å². The van der Waals surface area contributed by atoms with Crippen LogP contribution in [0.5, 0.6) is 11.5 Å². The summed E-state index contributed by atoms with van der Waals surface area (Å²) in [5, 5.41) is 12.0. The van der Waals surface area contributed by atoms with Crippen LogP contribution in [0.4, 0.5) is 5.69 Å². The largest absolute Gasteiger partial charge is 0.454 e. The molecule has 0 bridgehead atoms. The number of hydrogen-bond donors (Lipinski definition) is 1. The van der Waals surface area contributed by atoms with Crippen molar-refractivity contribution in [1.82, 2.24) is 0 Å². The Bertz CT molecular complexity index is 449. The van der Waals surface area contributed by atoms with E-state index in [1.54, 1.807) is 0 Å². The van der Waals surface area contributed by atoms with Gasteiger partial charge >= 0.3 is 0 Å². The number of anilines is 1. The van der Waals surface area contributed by atoms with Crippen molar-refractivity contribution in [1.29, 1.82) is 0 Å². The van der Waals surface area contributed by atoms with Crippen molar-refractivity contribution < 1.29 is 14.7 Å². The first-order chi connectivity index (χ1) is 8.36. The van der Waals surface area contributed by atoms with Crippen LogP contribution in [0, 0.1) is 0 Å². The number of fused-ring (bicyclic) bond motifs is 1. The Balaban J connectivity index is 1.77. The minimum Gasteiger partial charge on any atom is -0.454 e. The van der Waals surface area contributed by atoms with Crippen molar-refractivity contribution >= 4 is 11.4 Å². The molecule has 17 heavy (non-hydrogen) atoms. The topological polar surface area (TPSA) is 54.3 Å². The number of rotatable bonds is 1. The highest BCUT2D eigenvalue weighted by Gasteiger charge is 2.19. The van der Waals surface area contributed by atoms with Gasteiger partial charge in [-0.15, -0.1) is 0 Å². The zero-order valence-corrected chi connectivity index (χ0v) is 9.43. The third-order valence-corrected chi connectivity index (χ3v) is 3.20. The maximum absolute atomic E-state index is 8.71. The highest BCUT2D eigenvalue weighted by Crippen LogP contribution is 2.35. The maximum atomic E-state index is 8.71. The molecule has 0 atom stereocenters. The molecule has 0 spiro atoms. The molecular weight excluding hydrogens is 220 g/mol. The lowest BCUT2D eigenvalue weighted by Gasteiger charge is -2.29. The number of hydrogen-bond acceptors (Lipinski definition) is 5. The number of ether oxygens (including phenoxy) is 2. The molecule has 0 radical (unpaired) electrons. The van der Waals surface area contributed by atoms with Gasteiger partial charge in [-0.25, -0.2) is 0 Å². The molecule has 0 aromatic heterocycles. The van der Waals surface area contributed by atoms with Crippen LogP contribution in [-0.2, 0) is 0 Å². The average Bonchev–Trinajstić information content (AvgIpc) is 2.86. The molecule has 5 heteroatoms. The van der Waals surface area contributed by atoms with Crippen molar-refractivity contribution in [3.8, 4) is 11.5 Å². The summed E-state index contributed by atoms with van der Waals surface area (Å²) in [6.45, 7) is 2.05. The molecular formula is C12H14N2O3. The molecule has 90 valence electrons. The average molecular weight is 234 g/mol. The van der Waals surface area contributed by atoms with Crippen LogP contribution in [0.15, 0.2) is 23.4 Å². The highest BCUT2D eigenvalue weighted by atomic mass is 16.7. The minimum absolute atomic E-state index is 0.306. The monoisotopic (exact) mass is 234 g/mol. The fourth-order valence-electron chi connectivity index (χ4n) is 2.20. The number of piperidine rings is 1. The van der Waals surface area contributed by atoms with E-state index < -0.39 is 0 Å². The Labute approximate surface area is 99.2 Å². The van der Waals surface area contributed by atoms with Crippen molar-refractivity contribution in [2.45, 2.75) is 12.8 Å². The molecule has 5 nitrogen and oxygen atoms in total. The van der Waals surface area contributed by atoms with Gasteiger partial charge in [0.2, 0.25) is 6.79 Å². The lowest BCUT2D eigenvalue weighted by Crippen LogP contribution is -2.33. The predicted octanol–water partition coefficient (Wildman–Crippen LogP) is 1.85. The number of oxime groups is 1. The van der Waals surface area contributed by atoms with Gasteiger partial charge in [0.1, 0.15) is 0 Å². The Hall–Kier alpha value is -1.91. The van der Waals surface area contributed by atoms with Crippen molar-refractivity contribution in [2.75, 3.05) is 24.8 Å². The van der Waals surface area contributed by atoms with Crippen molar-refractivity contribution in [2.24, 2.45) is 5.16 Å². The minimum atomic E-state index is 0.306. The summed E-state index contributed by atoms with van der Waals surface area (Å²) in [5.41, 5.74) is 2.01. The summed E-state index contributed by atoms with van der Waals surface area (Å²) >= 11 is 0. The normalized spacial score (nSPS) is 18.4. The Morgan fingerprint density at radius 1 is 1.12 bits per heavy atom. The molecule has 0 aliphatic carbocycles. The van der Waals surface area contributed by atoms with E-state index in [0.717, 1.165) is 48.8 Å². The molecule has 3 rings (SSSR count). The van der Waals surface area contributed by atoms with E-state index in [1.165, 1.54) is 0 Å². The lowest BCUT2D eigenvalue weighted by atomic mass is 10.1. The van der Waals surface area contributed by atoms with E-state index in [-0.39, 0.29) is 0 Å². The molecule has 1 N–H and O–H groups in total. The molecule has 0 saturated carbocycles. The van der Waals surface area contributed by atoms with E-state index in [4.69, 9.17) is 14.7 Å². The molecule has 2 heterocycles. The number of benzene rings is 1. The van der Waals surface area contributed by atoms with E-state index in [2.05, 4.69) is 10.1 Å². The van der Waals surface area contributed by atoms with Gasteiger partial charge in [0.05, 0.1) is 5.71 Å². The van der Waals surface area contributed by atoms with Crippen LogP contribution < -0.4 is 14.4 Å². The highest BCUT2D eigenvalue weighted by molar-refractivity contribution is 5.86. The quantitative estimate of drug-likeness (QED) is 0.595. The van der Waals surface area contributed by atoms with Gasteiger partial charge in [0.15, 0.2) is 11.5 Å². The first-order valence-electron chi connectivity index (χ1n) is 5.71. The molecule has 1 fully saturated rings. The molecule has 0 amide bonds. The van der Waals surface area contributed by atoms with Crippen LogP contribution >= 0.6 is 0 Å². The predicted molar refractivity (Wildman–Crippen MR) is 63.2 cm³/mol. The summed E-state index contributed by atoms with van der Waals surface area (Å²) in [5.74, 6) is 1.62. The molecule has 0 unspecified atom stereocenters. The standard InChI is InChI=1S/C12H14N2O3/c15-13-9-3-5-14(6-4-9)10-1-2-11-12(7-10)17-8-16-11/h1-2,7,15H,3-6,8H2. The van der Waals surface area contributed by atoms with Crippen molar-refractivity contribution in [3.05, 3.63) is 18.2 Å². The second kappa shape index (κ2) is 4.16. The zero-order valence-electron chi connectivity index (χ0n) is 9.43. The zero-order chi connectivity index (χ0) is 11.7. The molecule has 2 aliphatic heterocycles. The van der Waals surface area contributed by atoms with Gasteiger partial charge in [0, 0.05) is 37.7 Å². The fourth-order valence-corrected chi connectivity index (χ4v) is 2.20. The summed E-state index contributed by atoms with van der Waals surface area (Å²) < 4.78 is 10.6. The molecule has 1 aromatic rings. The van der Waals surface area contributed by atoms with E-state index in [9.17, 15) is 0 Å². The van der Waals surface area contributed by atoms with Gasteiger partial charge in [-0.2, -0.15) is 0 Å². The summed E-state index contributed by atoms with van der Waals surface area (Å²) in [7, 11) is 0. The molecule has 1 saturated heterocycles. The second-order valence-electron chi connectivity index (χ2n) is 4.19. The SMILES string of the molecule is ON=C1CCN(c2ccc3c(c2)OCO3)CC1. The van der Waals surface area contributed by atoms with Crippen LogP contribution in [0.2, 0.25) is 0 Å². The van der Waals surface area contributed by atoms with Gasteiger partial charge in [-0.05, 0) is 12.1 Å². The summed E-state index contributed by atoms with van der Waals surface area (Å²) in [6, 6.07) is 5.98.